The second-order valence-corrected chi connectivity index (χ2v) is 5.98. The van der Waals surface area contributed by atoms with Crippen LogP contribution in [-0.4, -0.2) is 45.3 Å². The number of likely N-dealkylation sites (tertiary alicyclic amines) is 1. The zero-order valence-electron chi connectivity index (χ0n) is 14.3. The monoisotopic (exact) mass is 328 g/mol. The van der Waals surface area contributed by atoms with E-state index in [9.17, 15) is 4.79 Å². The Kier molecular flexibility index (Phi) is 5.13. The molecule has 0 bridgehead atoms. The highest BCUT2D eigenvalue weighted by Gasteiger charge is 2.27. The Labute approximate surface area is 142 Å². The summed E-state index contributed by atoms with van der Waals surface area (Å²) in [5, 5.41) is 4.35. The topological polar surface area (TPSA) is 60.2 Å². The molecule has 0 saturated carbocycles. The Balaban J connectivity index is 1.65. The Morgan fingerprint density at radius 2 is 2.12 bits per heavy atom. The molecule has 1 saturated heterocycles. The van der Waals surface area contributed by atoms with Crippen molar-refractivity contribution in [2.24, 2.45) is 0 Å². The van der Waals surface area contributed by atoms with E-state index in [0.717, 1.165) is 32.5 Å². The van der Waals surface area contributed by atoms with E-state index in [-0.39, 0.29) is 5.91 Å². The minimum atomic E-state index is 0.00857. The van der Waals surface area contributed by atoms with Crippen molar-refractivity contribution in [3.63, 3.8) is 0 Å². The second kappa shape index (κ2) is 7.47. The molecule has 6 heteroatoms. The van der Waals surface area contributed by atoms with E-state index >= 15 is 0 Å². The number of piperidine rings is 1. The molecule has 0 unspecified atom stereocenters. The molecule has 6 nitrogen and oxygen atoms in total. The van der Waals surface area contributed by atoms with E-state index in [0.29, 0.717) is 24.0 Å². The second-order valence-electron chi connectivity index (χ2n) is 5.98. The Hall–Kier alpha value is -2.37. The number of aromatic nitrogens is 3. The first-order valence-corrected chi connectivity index (χ1v) is 8.62. The molecule has 3 rings (SSSR count). The molecular weight excluding hydrogens is 304 g/mol. The number of hydrogen-bond donors (Lipinski definition) is 0. The van der Waals surface area contributed by atoms with E-state index < -0.39 is 0 Å². The number of pyridine rings is 1. The molecule has 1 amide bonds. The molecule has 0 aromatic carbocycles. The number of rotatable bonds is 5. The highest BCUT2D eigenvalue weighted by Crippen LogP contribution is 2.29. The minimum Gasteiger partial charge on any atom is -0.477 e. The lowest BCUT2D eigenvalue weighted by atomic mass is 9.91. The number of carbonyl (C=O) groups is 1. The van der Waals surface area contributed by atoms with E-state index in [4.69, 9.17) is 4.74 Å². The Morgan fingerprint density at radius 3 is 2.79 bits per heavy atom. The predicted octanol–water partition coefficient (Wildman–Crippen LogP) is 2.72. The molecule has 0 aliphatic carbocycles. The number of hydrogen-bond acceptors (Lipinski definition) is 4. The van der Waals surface area contributed by atoms with Gasteiger partial charge in [0.1, 0.15) is 5.56 Å². The van der Waals surface area contributed by atoms with Crippen molar-refractivity contribution in [2.45, 2.75) is 39.2 Å². The van der Waals surface area contributed by atoms with Gasteiger partial charge in [0.25, 0.3) is 5.91 Å². The van der Waals surface area contributed by atoms with Crippen LogP contribution in [0.25, 0.3) is 0 Å². The van der Waals surface area contributed by atoms with Gasteiger partial charge >= 0.3 is 0 Å². The standard InChI is InChI=1S/C18H24N4O2/c1-3-22-13-15(12-20-22)14-7-10-21(11-8-14)18(23)16-6-5-9-19-17(16)24-4-2/h5-6,9,12-14H,3-4,7-8,10-11H2,1-2H3. The quantitative estimate of drug-likeness (QED) is 0.847. The summed E-state index contributed by atoms with van der Waals surface area (Å²) >= 11 is 0. The number of carbonyl (C=O) groups excluding carboxylic acids is 1. The average Bonchev–Trinajstić information content (AvgIpc) is 3.11. The molecule has 2 aromatic heterocycles. The summed E-state index contributed by atoms with van der Waals surface area (Å²) in [4.78, 5) is 18.9. The van der Waals surface area contributed by atoms with Gasteiger partial charge in [0.05, 0.1) is 12.8 Å². The highest BCUT2D eigenvalue weighted by atomic mass is 16.5. The summed E-state index contributed by atoms with van der Waals surface area (Å²) in [5.41, 5.74) is 1.83. The van der Waals surface area contributed by atoms with E-state index in [1.807, 2.05) is 22.7 Å². The fourth-order valence-corrected chi connectivity index (χ4v) is 3.15. The highest BCUT2D eigenvalue weighted by molar-refractivity contribution is 5.96. The minimum absolute atomic E-state index is 0.00857. The van der Waals surface area contributed by atoms with Gasteiger partial charge < -0.3 is 9.64 Å². The lowest BCUT2D eigenvalue weighted by Crippen LogP contribution is -2.38. The van der Waals surface area contributed by atoms with Crippen LogP contribution in [0.3, 0.4) is 0 Å². The summed E-state index contributed by atoms with van der Waals surface area (Å²) < 4.78 is 7.44. The van der Waals surface area contributed by atoms with Crippen molar-refractivity contribution < 1.29 is 9.53 Å². The van der Waals surface area contributed by atoms with Crippen LogP contribution in [0.4, 0.5) is 0 Å². The van der Waals surface area contributed by atoms with Crippen LogP contribution in [0.5, 0.6) is 5.88 Å². The summed E-state index contributed by atoms with van der Waals surface area (Å²) in [6.45, 7) is 6.87. The SMILES string of the molecule is CCOc1ncccc1C(=O)N1CCC(c2cnn(CC)c2)CC1. The van der Waals surface area contributed by atoms with Crippen molar-refractivity contribution in [3.05, 3.63) is 41.9 Å². The third-order valence-electron chi connectivity index (χ3n) is 4.51. The molecule has 1 aliphatic heterocycles. The van der Waals surface area contributed by atoms with Crippen molar-refractivity contribution in [2.75, 3.05) is 19.7 Å². The molecule has 0 N–H and O–H groups in total. The number of ether oxygens (including phenoxy) is 1. The smallest absolute Gasteiger partial charge is 0.259 e. The van der Waals surface area contributed by atoms with Gasteiger partial charge in [-0.2, -0.15) is 5.10 Å². The van der Waals surface area contributed by atoms with E-state index in [2.05, 4.69) is 23.2 Å². The third kappa shape index (κ3) is 3.42. The average molecular weight is 328 g/mol. The van der Waals surface area contributed by atoms with Gasteiger partial charge in [-0.05, 0) is 50.3 Å². The zero-order chi connectivity index (χ0) is 16.9. The maximum absolute atomic E-state index is 12.8. The zero-order valence-corrected chi connectivity index (χ0v) is 14.3. The lowest BCUT2D eigenvalue weighted by Gasteiger charge is -2.31. The van der Waals surface area contributed by atoms with Crippen LogP contribution in [0.15, 0.2) is 30.7 Å². The van der Waals surface area contributed by atoms with Crippen LogP contribution < -0.4 is 4.74 Å². The molecule has 128 valence electrons. The van der Waals surface area contributed by atoms with Gasteiger partial charge in [-0.3, -0.25) is 9.48 Å². The first-order valence-electron chi connectivity index (χ1n) is 8.62. The van der Waals surface area contributed by atoms with Crippen molar-refractivity contribution in [3.8, 4) is 5.88 Å². The third-order valence-corrected chi connectivity index (χ3v) is 4.51. The van der Waals surface area contributed by atoms with Crippen LogP contribution in [-0.2, 0) is 6.54 Å². The van der Waals surface area contributed by atoms with E-state index in [1.54, 1.807) is 18.3 Å². The molecular formula is C18H24N4O2. The van der Waals surface area contributed by atoms with Gasteiger partial charge in [0.15, 0.2) is 0 Å². The first kappa shape index (κ1) is 16.5. The van der Waals surface area contributed by atoms with Crippen LogP contribution in [0.1, 0.15) is 48.5 Å². The van der Waals surface area contributed by atoms with Crippen molar-refractivity contribution >= 4 is 5.91 Å². The molecule has 3 heterocycles. The molecule has 24 heavy (non-hydrogen) atoms. The number of amides is 1. The van der Waals surface area contributed by atoms with Gasteiger partial charge in [0, 0.05) is 32.0 Å². The fourth-order valence-electron chi connectivity index (χ4n) is 3.15. The summed E-state index contributed by atoms with van der Waals surface area (Å²) in [7, 11) is 0. The Bertz CT molecular complexity index is 690. The normalized spacial score (nSPS) is 15.5. The molecule has 0 atom stereocenters. The number of aryl methyl sites for hydroxylation is 1. The largest absolute Gasteiger partial charge is 0.477 e. The van der Waals surface area contributed by atoms with Crippen LogP contribution in [0.2, 0.25) is 0 Å². The summed E-state index contributed by atoms with van der Waals surface area (Å²) in [6.07, 6.45) is 7.66. The van der Waals surface area contributed by atoms with Gasteiger partial charge in [0.2, 0.25) is 5.88 Å². The molecule has 1 aliphatic rings. The van der Waals surface area contributed by atoms with Gasteiger partial charge in [-0.15, -0.1) is 0 Å². The summed E-state index contributed by atoms with van der Waals surface area (Å²) in [5.74, 6) is 0.917. The van der Waals surface area contributed by atoms with Crippen LogP contribution in [0, 0.1) is 0 Å². The molecule has 1 fully saturated rings. The number of nitrogens with zero attached hydrogens (tertiary/aromatic N) is 4. The first-order chi connectivity index (χ1) is 11.7. The fraction of sp³-hybridized carbons (Fsp3) is 0.500. The van der Waals surface area contributed by atoms with Crippen LogP contribution >= 0.6 is 0 Å². The molecule has 0 radical (unpaired) electrons. The lowest BCUT2D eigenvalue weighted by molar-refractivity contribution is 0.0708. The Morgan fingerprint density at radius 1 is 1.33 bits per heavy atom. The van der Waals surface area contributed by atoms with Crippen molar-refractivity contribution in [1.82, 2.24) is 19.7 Å². The maximum Gasteiger partial charge on any atom is 0.259 e. The predicted molar refractivity (Wildman–Crippen MR) is 91.2 cm³/mol. The molecule has 0 spiro atoms. The van der Waals surface area contributed by atoms with Crippen molar-refractivity contribution in [1.29, 1.82) is 0 Å². The molecule has 2 aromatic rings. The van der Waals surface area contributed by atoms with Gasteiger partial charge in [-0.25, -0.2) is 4.98 Å². The van der Waals surface area contributed by atoms with E-state index in [1.165, 1.54) is 5.56 Å². The van der Waals surface area contributed by atoms with Gasteiger partial charge in [-0.1, -0.05) is 0 Å². The summed E-state index contributed by atoms with van der Waals surface area (Å²) in [6, 6.07) is 3.57. The maximum atomic E-state index is 12.8.